The van der Waals surface area contributed by atoms with E-state index in [1.165, 1.54) is 12.0 Å². The molecule has 1 N–H and O–H groups in total. The summed E-state index contributed by atoms with van der Waals surface area (Å²) < 4.78 is 5.64. The third-order valence-electron chi connectivity index (χ3n) is 4.21. The van der Waals surface area contributed by atoms with Crippen LogP contribution in [0.25, 0.3) is 0 Å². The highest BCUT2D eigenvalue weighted by molar-refractivity contribution is 5.19. The fourth-order valence-electron chi connectivity index (χ4n) is 3.18. The van der Waals surface area contributed by atoms with E-state index in [4.69, 9.17) is 4.74 Å². The van der Waals surface area contributed by atoms with E-state index < -0.39 is 0 Å². The minimum Gasteiger partial charge on any atom is -0.376 e. The third-order valence-corrected chi connectivity index (χ3v) is 4.21. The van der Waals surface area contributed by atoms with E-state index in [-0.39, 0.29) is 0 Å². The summed E-state index contributed by atoms with van der Waals surface area (Å²) in [5, 5.41) is 3.73. The number of rotatable bonds is 7. The van der Waals surface area contributed by atoms with Crippen molar-refractivity contribution in [3.8, 4) is 0 Å². The van der Waals surface area contributed by atoms with Gasteiger partial charge in [-0.15, -0.1) is 0 Å². The summed E-state index contributed by atoms with van der Waals surface area (Å²) in [4.78, 5) is 2.54. The van der Waals surface area contributed by atoms with Crippen LogP contribution in [0.5, 0.6) is 0 Å². The zero-order chi connectivity index (χ0) is 15.1. The molecule has 1 aromatic rings. The molecule has 1 aliphatic rings. The molecular weight excluding hydrogens is 260 g/mol. The molecule has 3 nitrogen and oxygen atoms in total. The lowest BCUT2D eigenvalue weighted by atomic mass is 9.93. The monoisotopic (exact) mass is 290 g/mol. The summed E-state index contributed by atoms with van der Waals surface area (Å²) in [6.45, 7) is 11.9. The Morgan fingerprint density at radius 1 is 1.33 bits per heavy atom. The molecule has 0 bridgehead atoms. The lowest BCUT2D eigenvalue weighted by Gasteiger charge is -2.35. The molecule has 0 amide bonds. The summed E-state index contributed by atoms with van der Waals surface area (Å²) in [5.41, 5.74) is 1.40. The molecule has 0 spiro atoms. The van der Waals surface area contributed by atoms with Crippen LogP contribution in [0.3, 0.4) is 0 Å². The number of benzene rings is 1. The van der Waals surface area contributed by atoms with Gasteiger partial charge in [0.2, 0.25) is 0 Å². The smallest absolute Gasteiger partial charge is 0.0674 e. The summed E-state index contributed by atoms with van der Waals surface area (Å²) in [7, 11) is 0. The maximum absolute atomic E-state index is 5.64. The summed E-state index contributed by atoms with van der Waals surface area (Å²) >= 11 is 0. The van der Waals surface area contributed by atoms with E-state index >= 15 is 0 Å². The second kappa shape index (κ2) is 8.52. The first-order valence-corrected chi connectivity index (χ1v) is 8.33. The average molecular weight is 290 g/mol. The van der Waals surface area contributed by atoms with Gasteiger partial charge in [-0.3, -0.25) is 4.90 Å². The molecule has 118 valence electrons. The van der Waals surface area contributed by atoms with Crippen LogP contribution in [-0.2, 0) is 4.74 Å². The van der Waals surface area contributed by atoms with E-state index in [1.807, 2.05) is 0 Å². The number of hydrogen-bond donors (Lipinski definition) is 1. The number of hydrogen-bond acceptors (Lipinski definition) is 3. The summed E-state index contributed by atoms with van der Waals surface area (Å²) in [6, 6.07) is 11.3. The van der Waals surface area contributed by atoms with Gasteiger partial charge in [-0.25, -0.2) is 0 Å². The van der Waals surface area contributed by atoms with Crippen LogP contribution >= 0.6 is 0 Å². The Labute approximate surface area is 129 Å². The van der Waals surface area contributed by atoms with Crippen molar-refractivity contribution >= 4 is 0 Å². The van der Waals surface area contributed by atoms with E-state index in [0.29, 0.717) is 18.1 Å². The van der Waals surface area contributed by atoms with Crippen LogP contribution in [0.2, 0.25) is 0 Å². The van der Waals surface area contributed by atoms with Crippen LogP contribution in [0.1, 0.15) is 38.8 Å². The van der Waals surface area contributed by atoms with Gasteiger partial charge in [-0.1, -0.05) is 44.2 Å². The largest absolute Gasteiger partial charge is 0.376 e. The Kier molecular flexibility index (Phi) is 6.68. The molecule has 0 aliphatic carbocycles. The van der Waals surface area contributed by atoms with Crippen LogP contribution in [0, 0.1) is 5.92 Å². The summed E-state index contributed by atoms with van der Waals surface area (Å²) in [5.74, 6) is 0.587. The first-order valence-electron chi connectivity index (χ1n) is 8.33. The van der Waals surface area contributed by atoms with Crippen molar-refractivity contribution in [3.63, 3.8) is 0 Å². The van der Waals surface area contributed by atoms with Gasteiger partial charge in [0.1, 0.15) is 0 Å². The van der Waals surface area contributed by atoms with Gasteiger partial charge < -0.3 is 10.1 Å². The van der Waals surface area contributed by atoms with Crippen molar-refractivity contribution in [2.24, 2.45) is 5.92 Å². The van der Waals surface area contributed by atoms with Crippen LogP contribution in [-0.4, -0.2) is 43.8 Å². The van der Waals surface area contributed by atoms with E-state index in [0.717, 1.165) is 32.8 Å². The molecule has 1 aromatic carbocycles. The molecule has 3 atom stereocenters. The van der Waals surface area contributed by atoms with Crippen molar-refractivity contribution in [1.82, 2.24) is 10.2 Å². The Hall–Kier alpha value is -0.900. The molecule has 1 fully saturated rings. The number of ether oxygens (including phenoxy) is 1. The minimum atomic E-state index is 0.365. The Balaban J connectivity index is 1.98. The predicted molar refractivity (Wildman–Crippen MR) is 88.5 cm³/mol. The van der Waals surface area contributed by atoms with Crippen LogP contribution in [0.4, 0.5) is 0 Å². The molecule has 0 radical (unpaired) electrons. The summed E-state index contributed by atoms with van der Waals surface area (Å²) in [6.07, 6.45) is 1.54. The first-order chi connectivity index (χ1) is 10.2. The van der Waals surface area contributed by atoms with Gasteiger partial charge in [0.25, 0.3) is 0 Å². The van der Waals surface area contributed by atoms with Gasteiger partial charge >= 0.3 is 0 Å². The molecule has 1 aliphatic heterocycles. The van der Waals surface area contributed by atoms with Crippen molar-refractivity contribution in [1.29, 1.82) is 0 Å². The van der Waals surface area contributed by atoms with E-state index in [1.54, 1.807) is 0 Å². The fraction of sp³-hybridized carbons (Fsp3) is 0.667. The fourth-order valence-corrected chi connectivity index (χ4v) is 3.18. The number of morpholine rings is 1. The Morgan fingerprint density at radius 2 is 2.10 bits per heavy atom. The molecule has 1 heterocycles. The lowest BCUT2D eigenvalue weighted by Crippen LogP contribution is -2.44. The SMILES string of the molecule is CCCNC(c1ccccc1)C(C)CN1CCOC(C)C1. The van der Waals surface area contributed by atoms with Crippen molar-refractivity contribution in [2.45, 2.75) is 39.3 Å². The Morgan fingerprint density at radius 3 is 2.76 bits per heavy atom. The maximum atomic E-state index is 5.64. The van der Waals surface area contributed by atoms with E-state index in [9.17, 15) is 0 Å². The average Bonchev–Trinajstić information content (AvgIpc) is 2.49. The second-order valence-corrected chi connectivity index (χ2v) is 6.26. The van der Waals surface area contributed by atoms with Gasteiger partial charge in [-0.05, 0) is 31.4 Å². The third kappa shape index (κ3) is 5.10. The molecule has 0 aromatic heterocycles. The second-order valence-electron chi connectivity index (χ2n) is 6.26. The molecule has 0 saturated carbocycles. The highest BCUT2D eigenvalue weighted by atomic mass is 16.5. The van der Waals surface area contributed by atoms with Crippen molar-refractivity contribution < 1.29 is 4.74 Å². The van der Waals surface area contributed by atoms with Crippen LogP contribution in [0.15, 0.2) is 30.3 Å². The van der Waals surface area contributed by atoms with Crippen molar-refractivity contribution in [2.75, 3.05) is 32.8 Å². The molecule has 2 rings (SSSR count). The topological polar surface area (TPSA) is 24.5 Å². The van der Waals surface area contributed by atoms with Gasteiger partial charge in [-0.2, -0.15) is 0 Å². The van der Waals surface area contributed by atoms with E-state index in [2.05, 4.69) is 61.3 Å². The van der Waals surface area contributed by atoms with Crippen LogP contribution < -0.4 is 5.32 Å². The highest BCUT2D eigenvalue weighted by Gasteiger charge is 2.23. The molecule has 1 saturated heterocycles. The highest BCUT2D eigenvalue weighted by Crippen LogP contribution is 2.23. The Bertz CT molecular complexity index is 395. The number of nitrogens with one attached hydrogen (secondary N) is 1. The standard InChI is InChI=1S/C18H30N2O/c1-4-10-19-18(17-8-6-5-7-9-17)15(2)13-20-11-12-21-16(3)14-20/h5-9,15-16,18-19H,4,10-14H2,1-3H3. The normalized spacial score (nSPS) is 22.9. The molecule has 3 unspecified atom stereocenters. The first kappa shape index (κ1) is 16.5. The molecule has 3 heteroatoms. The molecule has 21 heavy (non-hydrogen) atoms. The quantitative estimate of drug-likeness (QED) is 0.835. The van der Waals surface area contributed by atoms with Gasteiger partial charge in [0.15, 0.2) is 0 Å². The lowest BCUT2D eigenvalue weighted by molar-refractivity contribution is -0.0239. The van der Waals surface area contributed by atoms with Gasteiger partial charge in [0, 0.05) is 25.7 Å². The molecular formula is C18H30N2O. The maximum Gasteiger partial charge on any atom is 0.0674 e. The van der Waals surface area contributed by atoms with Gasteiger partial charge in [0.05, 0.1) is 12.7 Å². The zero-order valence-electron chi connectivity index (χ0n) is 13.7. The number of nitrogens with zero attached hydrogens (tertiary/aromatic N) is 1. The minimum absolute atomic E-state index is 0.365. The predicted octanol–water partition coefficient (Wildman–Crippen LogP) is 3.08. The zero-order valence-corrected chi connectivity index (χ0v) is 13.7. The van der Waals surface area contributed by atoms with Crippen molar-refractivity contribution in [3.05, 3.63) is 35.9 Å².